The van der Waals surface area contributed by atoms with Crippen molar-refractivity contribution in [3.63, 3.8) is 0 Å². The zero-order valence-electron chi connectivity index (χ0n) is 14.7. The maximum absolute atomic E-state index is 12.2. The number of amides is 1. The van der Waals surface area contributed by atoms with E-state index < -0.39 is 9.84 Å². The predicted molar refractivity (Wildman–Crippen MR) is 103 cm³/mol. The molecule has 1 saturated heterocycles. The molecule has 26 heavy (non-hydrogen) atoms. The normalized spacial score (nSPS) is 17.2. The third-order valence-electron chi connectivity index (χ3n) is 4.70. The van der Waals surface area contributed by atoms with Gasteiger partial charge in [-0.3, -0.25) is 4.79 Å². The molecule has 1 atom stereocenters. The largest absolute Gasteiger partial charge is 0.367 e. The molecule has 0 bridgehead atoms. The Kier molecular flexibility index (Phi) is 5.93. The van der Waals surface area contributed by atoms with Gasteiger partial charge in [-0.15, -0.1) is 0 Å². The minimum atomic E-state index is -3.42. The van der Waals surface area contributed by atoms with Gasteiger partial charge >= 0.3 is 0 Å². The van der Waals surface area contributed by atoms with E-state index in [0.717, 1.165) is 25.1 Å². The standard InChI is InChI=1S/C20H24N2O3S/c23-20(13-15-26(24,25)19-11-5-2-6-12-19)21-16-18-10-7-14-22(18)17-8-3-1-4-9-17/h1-6,8-9,11-12,18H,7,10,13-16H2,(H,21,23). The smallest absolute Gasteiger partial charge is 0.221 e. The molecular formula is C20H24N2O3S. The Morgan fingerprint density at radius 2 is 1.69 bits per heavy atom. The Bertz CT molecular complexity index is 823. The van der Waals surface area contributed by atoms with E-state index in [1.165, 1.54) is 0 Å². The van der Waals surface area contributed by atoms with Gasteiger partial charge in [0.2, 0.25) is 5.91 Å². The predicted octanol–water partition coefficient (Wildman–Crippen LogP) is 2.64. The van der Waals surface area contributed by atoms with Crippen molar-refractivity contribution in [1.82, 2.24) is 5.32 Å². The zero-order chi connectivity index (χ0) is 18.4. The van der Waals surface area contributed by atoms with Crippen LogP contribution in [0, 0.1) is 0 Å². The van der Waals surface area contributed by atoms with Crippen LogP contribution in [-0.2, 0) is 14.6 Å². The number of rotatable bonds is 7. The summed E-state index contributed by atoms with van der Waals surface area (Å²) in [6.07, 6.45) is 2.10. The first-order valence-corrected chi connectivity index (χ1v) is 10.6. The molecule has 6 heteroatoms. The van der Waals surface area contributed by atoms with Crippen molar-refractivity contribution >= 4 is 21.4 Å². The number of hydrogen-bond acceptors (Lipinski definition) is 4. The number of carbonyl (C=O) groups excluding carboxylic acids is 1. The van der Waals surface area contributed by atoms with Crippen LogP contribution < -0.4 is 10.2 Å². The third-order valence-corrected chi connectivity index (χ3v) is 6.43. The monoisotopic (exact) mass is 372 g/mol. The van der Waals surface area contributed by atoms with Gasteiger partial charge in [-0.1, -0.05) is 36.4 Å². The van der Waals surface area contributed by atoms with Crippen molar-refractivity contribution in [2.45, 2.75) is 30.2 Å². The maximum atomic E-state index is 12.2. The number of sulfone groups is 1. The average Bonchev–Trinajstić information content (AvgIpc) is 3.15. The lowest BCUT2D eigenvalue weighted by Gasteiger charge is -2.27. The van der Waals surface area contributed by atoms with Crippen molar-refractivity contribution < 1.29 is 13.2 Å². The highest BCUT2D eigenvalue weighted by molar-refractivity contribution is 7.91. The van der Waals surface area contributed by atoms with Gasteiger partial charge in [-0.05, 0) is 37.1 Å². The molecular weight excluding hydrogens is 348 g/mol. The maximum Gasteiger partial charge on any atom is 0.221 e. The quantitative estimate of drug-likeness (QED) is 0.811. The summed E-state index contributed by atoms with van der Waals surface area (Å²) in [5.41, 5.74) is 1.16. The molecule has 5 nitrogen and oxygen atoms in total. The number of carbonyl (C=O) groups is 1. The van der Waals surface area contributed by atoms with E-state index in [1.807, 2.05) is 18.2 Å². The zero-order valence-corrected chi connectivity index (χ0v) is 15.5. The van der Waals surface area contributed by atoms with Crippen LogP contribution in [0.15, 0.2) is 65.6 Å². The third kappa shape index (κ3) is 4.64. The summed E-state index contributed by atoms with van der Waals surface area (Å²) in [6, 6.07) is 18.7. The van der Waals surface area contributed by atoms with Gasteiger partial charge in [-0.2, -0.15) is 0 Å². The lowest BCUT2D eigenvalue weighted by atomic mass is 10.2. The van der Waals surface area contributed by atoms with Crippen LogP contribution >= 0.6 is 0 Å². The Hall–Kier alpha value is -2.34. The van der Waals surface area contributed by atoms with Crippen molar-refractivity contribution in [3.05, 3.63) is 60.7 Å². The molecule has 1 unspecified atom stereocenters. The van der Waals surface area contributed by atoms with E-state index in [9.17, 15) is 13.2 Å². The Balaban J connectivity index is 1.50. The molecule has 1 amide bonds. The Morgan fingerprint density at radius 3 is 2.38 bits per heavy atom. The second kappa shape index (κ2) is 8.36. The summed E-state index contributed by atoms with van der Waals surface area (Å²) in [5.74, 6) is -0.389. The first kappa shape index (κ1) is 18.5. The van der Waals surface area contributed by atoms with Crippen molar-refractivity contribution in [1.29, 1.82) is 0 Å². The molecule has 2 aromatic carbocycles. The number of benzene rings is 2. The topological polar surface area (TPSA) is 66.5 Å². The molecule has 3 rings (SSSR count). The number of hydrogen-bond donors (Lipinski definition) is 1. The molecule has 1 N–H and O–H groups in total. The van der Waals surface area contributed by atoms with Gasteiger partial charge < -0.3 is 10.2 Å². The second-order valence-electron chi connectivity index (χ2n) is 6.51. The number of anilines is 1. The van der Waals surface area contributed by atoms with E-state index >= 15 is 0 Å². The van der Waals surface area contributed by atoms with E-state index in [-0.39, 0.29) is 29.0 Å². The molecule has 0 saturated carbocycles. The minimum Gasteiger partial charge on any atom is -0.367 e. The lowest BCUT2D eigenvalue weighted by Crippen LogP contribution is -2.40. The van der Waals surface area contributed by atoms with Crippen LogP contribution in [0.2, 0.25) is 0 Å². The van der Waals surface area contributed by atoms with Crippen LogP contribution in [0.1, 0.15) is 19.3 Å². The molecule has 1 aliphatic rings. The summed E-state index contributed by atoms with van der Waals surface area (Å²) >= 11 is 0. The SMILES string of the molecule is O=C(CCS(=O)(=O)c1ccccc1)NCC1CCCN1c1ccccc1. The summed E-state index contributed by atoms with van der Waals surface area (Å²) in [6.45, 7) is 1.52. The van der Waals surface area contributed by atoms with Gasteiger partial charge in [0.1, 0.15) is 0 Å². The number of nitrogens with zero attached hydrogens (tertiary/aromatic N) is 1. The Labute approximate surface area is 154 Å². The van der Waals surface area contributed by atoms with Crippen molar-refractivity contribution in [3.8, 4) is 0 Å². The fourth-order valence-electron chi connectivity index (χ4n) is 3.30. The van der Waals surface area contributed by atoms with E-state index in [4.69, 9.17) is 0 Å². The molecule has 138 valence electrons. The van der Waals surface area contributed by atoms with Gasteiger partial charge in [0.05, 0.1) is 10.6 Å². The minimum absolute atomic E-state index is 0.0186. The molecule has 1 aliphatic heterocycles. The van der Waals surface area contributed by atoms with Crippen LogP contribution in [0.4, 0.5) is 5.69 Å². The average molecular weight is 372 g/mol. The van der Waals surface area contributed by atoms with Crippen LogP contribution in [0.3, 0.4) is 0 Å². The number of para-hydroxylation sites is 1. The first-order valence-electron chi connectivity index (χ1n) is 8.92. The van der Waals surface area contributed by atoms with Gasteiger partial charge in [-0.25, -0.2) is 8.42 Å². The van der Waals surface area contributed by atoms with Gasteiger partial charge in [0, 0.05) is 31.2 Å². The molecule has 1 heterocycles. The lowest BCUT2D eigenvalue weighted by molar-refractivity contribution is -0.120. The van der Waals surface area contributed by atoms with E-state index in [2.05, 4.69) is 22.3 Å². The molecule has 0 aliphatic carbocycles. The Morgan fingerprint density at radius 1 is 1.04 bits per heavy atom. The molecule has 0 radical (unpaired) electrons. The summed E-state index contributed by atoms with van der Waals surface area (Å²) < 4.78 is 24.5. The number of nitrogens with one attached hydrogen (secondary N) is 1. The second-order valence-corrected chi connectivity index (χ2v) is 8.62. The summed E-state index contributed by atoms with van der Waals surface area (Å²) in [7, 11) is -3.42. The highest BCUT2D eigenvalue weighted by Gasteiger charge is 2.25. The van der Waals surface area contributed by atoms with Gasteiger partial charge in [0.25, 0.3) is 0 Å². The van der Waals surface area contributed by atoms with Gasteiger partial charge in [0.15, 0.2) is 9.84 Å². The first-order chi connectivity index (χ1) is 12.6. The highest BCUT2D eigenvalue weighted by atomic mass is 32.2. The van der Waals surface area contributed by atoms with E-state index in [0.29, 0.717) is 6.54 Å². The highest BCUT2D eigenvalue weighted by Crippen LogP contribution is 2.24. The summed E-state index contributed by atoms with van der Waals surface area (Å²) in [5, 5.41) is 2.90. The molecule has 1 fully saturated rings. The van der Waals surface area contributed by atoms with Crippen LogP contribution in [0.25, 0.3) is 0 Å². The fourth-order valence-corrected chi connectivity index (χ4v) is 4.56. The fraction of sp³-hybridized carbons (Fsp3) is 0.350. The molecule has 2 aromatic rings. The molecule has 0 aromatic heterocycles. The van der Waals surface area contributed by atoms with Crippen LogP contribution in [0.5, 0.6) is 0 Å². The van der Waals surface area contributed by atoms with Crippen molar-refractivity contribution in [2.24, 2.45) is 0 Å². The summed E-state index contributed by atoms with van der Waals surface area (Å²) in [4.78, 5) is 14.7. The van der Waals surface area contributed by atoms with Crippen molar-refractivity contribution in [2.75, 3.05) is 23.7 Å². The van der Waals surface area contributed by atoms with E-state index in [1.54, 1.807) is 30.3 Å². The van der Waals surface area contributed by atoms with Crippen LogP contribution in [-0.4, -0.2) is 39.2 Å². The molecule has 0 spiro atoms.